The van der Waals surface area contributed by atoms with E-state index >= 15 is 0 Å². The Kier molecular flexibility index (Phi) is 6.30. The molecule has 0 radical (unpaired) electrons. The first-order chi connectivity index (χ1) is 15.9. The van der Waals surface area contributed by atoms with Crippen LogP contribution in [-0.4, -0.2) is 45.7 Å². The van der Waals surface area contributed by atoms with Crippen molar-refractivity contribution in [3.8, 4) is 11.3 Å². The average Bonchev–Trinajstić information content (AvgIpc) is 2.84. The molecule has 1 saturated heterocycles. The van der Waals surface area contributed by atoms with Gasteiger partial charge in [-0.2, -0.15) is 0 Å². The number of piperidine rings is 1. The van der Waals surface area contributed by atoms with Gasteiger partial charge < -0.3 is 21.7 Å². The number of para-hydroxylation sites is 1. The largest absolute Gasteiger partial charge is 0.382 e. The van der Waals surface area contributed by atoms with Gasteiger partial charge in [-0.15, -0.1) is 0 Å². The zero-order valence-corrected chi connectivity index (χ0v) is 17.9. The van der Waals surface area contributed by atoms with E-state index in [1.54, 1.807) is 53.4 Å². The molecule has 0 saturated carbocycles. The lowest BCUT2D eigenvalue weighted by Gasteiger charge is -2.30. The zero-order valence-electron chi connectivity index (χ0n) is 17.9. The number of hydrogen-bond donors (Lipinski definition) is 3. The third kappa shape index (κ3) is 4.98. The quantitative estimate of drug-likeness (QED) is 0.551. The van der Waals surface area contributed by atoms with Crippen molar-refractivity contribution in [1.29, 1.82) is 0 Å². The molecular weight excluding hydrogens is 420 g/mol. The summed E-state index contributed by atoms with van der Waals surface area (Å²) in [5, 5.41) is 2.75. The number of nitrogens with one attached hydrogen (secondary N) is 1. The van der Waals surface area contributed by atoms with Crippen LogP contribution in [0.1, 0.15) is 33.7 Å². The number of amides is 3. The second-order valence-electron chi connectivity index (χ2n) is 7.86. The normalized spacial score (nSPS) is 14.0. The second-order valence-corrected chi connectivity index (χ2v) is 7.86. The minimum atomic E-state index is -0.474. The van der Waals surface area contributed by atoms with Gasteiger partial charge >= 0.3 is 0 Å². The van der Waals surface area contributed by atoms with Crippen molar-refractivity contribution in [2.45, 2.75) is 12.8 Å². The summed E-state index contributed by atoms with van der Waals surface area (Å²) in [7, 11) is 0. The summed E-state index contributed by atoms with van der Waals surface area (Å²) in [6.45, 7) is 0.949. The van der Waals surface area contributed by atoms with Gasteiger partial charge in [0.2, 0.25) is 5.91 Å². The second kappa shape index (κ2) is 9.47. The molecule has 5 N–H and O–H groups in total. The van der Waals surface area contributed by atoms with Crippen molar-refractivity contribution in [2.24, 2.45) is 11.7 Å². The van der Waals surface area contributed by atoms with E-state index in [0.717, 1.165) is 0 Å². The molecule has 3 aromatic rings. The molecule has 0 bridgehead atoms. The number of rotatable bonds is 5. The van der Waals surface area contributed by atoms with Gasteiger partial charge in [0.1, 0.15) is 0 Å². The van der Waals surface area contributed by atoms with Crippen LogP contribution >= 0.6 is 0 Å². The number of nitrogens with zero attached hydrogens (tertiary/aromatic N) is 3. The molecule has 3 amide bonds. The predicted molar refractivity (Wildman–Crippen MR) is 124 cm³/mol. The minimum Gasteiger partial charge on any atom is -0.382 e. The van der Waals surface area contributed by atoms with Gasteiger partial charge in [0, 0.05) is 35.8 Å². The van der Waals surface area contributed by atoms with Crippen LogP contribution in [0.15, 0.2) is 60.8 Å². The van der Waals surface area contributed by atoms with Crippen molar-refractivity contribution in [3.05, 3.63) is 72.1 Å². The number of carbonyl (C=O) groups is 3. The molecule has 9 nitrogen and oxygen atoms in total. The number of nitrogens with two attached hydrogens (primary N) is 2. The van der Waals surface area contributed by atoms with Gasteiger partial charge in [-0.3, -0.25) is 14.4 Å². The van der Waals surface area contributed by atoms with Crippen molar-refractivity contribution in [2.75, 3.05) is 24.1 Å². The van der Waals surface area contributed by atoms with E-state index in [1.165, 1.54) is 6.20 Å². The maximum Gasteiger partial charge on any atom is 0.278 e. The first-order valence-corrected chi connectivity index (χ1v) is 10.6. The van der Waals surface area contributed by atoms with Gasteiger partial charge in [-0.25, -0.2) is 9.97 Å². The molecule has 1 aliphatic rings. The number of aromatic nitrogens is 2. The fourth-order valence-corrected chi connectivity index (χ4v) is 3.78. The number of nitrogen functional groups attached to an aromatic ring is 1. The number of carbonyl (C=O) groups excluding carboxylic acids is 3. The smallest absolute Gasteiger partial charge is 0.278 e. The average molecular weight is 444 g/mol. The van der Waals surface area contributed by atoms with Crippen LogP contribution in [0.4, 0.5) is 11.5 Å². The van der Waals surface area contributed by atoms with Gasteiger partial charge in [0.05, 0.1) is 11.9 Å². The number of likely N-dealkylation sites (tertiary alicyclic amines) is 1. The highest BCUT2D eigenvalue weighted by molar-refractivity contribution is 6.06. The van der Waals surface area contributed by atoms with Crippen LogP contribution in [0.5, 0.6) is 0 Å². The summed E-state index contributed by atoms with van der Waals surface area (Å²) in [4.78, 5) is 47.3. The van der Waals surface area contributed by atoms with Crippen LogP contribution < -0.4 is 16.8 Å². The van der Waals surface area contributed by atoms with Crippen molar-refractivity contribution < 1.29 is 14.4 Å². The standard InChI is InChI=1S/C24H24N6O3/c25-21-20(23(32)28-18-7-2-1-3-8-18)29-19(14-27-21)16-5-4-6-17(13-16)24(33)30-11-9-15(10-12-30)22(26)31/h1-8,13-15H,9-12H2,(H2,25,27)(H2,26,31)(H,28,32). The molecule has 2 aromatic carbocycles. The first kappa shape index (κ1) is 21.9. The molecule has 2 heterocycles. The molecule has 9 heteroatoms. The van der Waals surface area contributed by atoms with E-state index in [4.69, 9.17) is 11.5 Å². The molecule has 4 rings (SSSR count). The summed E-state index contributed by atoms with van der Waals surface area (Å²) in [6, 6.07) is 15.9. The van der Waals surface area contributed by atoms with Crippen molar-refractivity contribution in [1.82, 2.24) is 14.9 Å². The lowest BCUT2D eigenvalue weighted by molar-refractivity contribution is -0.123. The van der Waals surface area contributed by atoms with Gasteiger partial charge in [-0.1, -0.05) is 30.3 Å². The molecule has 33 heavy (non-hydrogen) atoms. The van der Waals surface area contributed by atoms with Gasteiger partial charge in [-0.05, 0) is 37.1 Å². The van der Waals surface area contributed by atoms with Crippen LogP contribution in [-0.2, 0) is 4.79 Å². The topological polar surface area (TPSA) is 144 Å². The van der Waals surface area contributed by atoms with Crippen LogP contribution in [0.3, 0.4) is 0 Å². The third-order valence-corrected chi connectivity index (χ3v) is 5.64. The summed E-state index contributed by atoms with van der Waals surface area (Å²) in [5.41, 5.74) is 13.4. The SMILES string of the molecule is NC(=O)C1CCN(C(=O)c2cccc(-c3cnc(N)c(C(=O)Nc4ccccc4)n3)c2)CC1. The number of anilines is 2. The Balaban J connectivity index is 1.53. The van der Waals surface area contributed by atoms with E-state index in [-0.39, 0.29) is 29.2 Å². The molecule has 168 valence electrons. The zero-order chi connectivity index (χ0) is 23.4. The van der Waals surface area contributed by atoms with E-state index in [1.807, 2.05) is 6.07 Å². The summed E-state index contributed by atoms with van der Waals surface area (Å²) in [5.74, 6) is -1.11. The predicted octanol–water partition coefficient (Wildman–Crippen LogP) is 2.32. The summed E-state index contributed by atoms with van der Waals surface area (Å²) < 4.78 is 0. The monoisotopic (exact) mass is 444 g/mol. The Hall–Kier alpha value is -4.27. The van der Waals surface area contributed by atoms with E-state index in [9.17, 15) is 14.4 Å². The van der Waals surface area contributed by atoms with Crippen LogP contribution in [0.2, 0.25) is 0 Å². The highest BCUT2D eigenvalue weighted by Gasteiger charge is 2.26. The fraction of sp³-hybridized carbons (Fsp3) is 0.208. The Morgan fingerprint density at radius 1 is 1.00 bits per heavy atom. The molecule has 0 aliphatic carbocycles. The Morgan fingerprint density at radius 2 is 1.73 bits per heavy atom. The van der Waals surface area contributed by atoms with Crippen molar-refractivity contribution >= 4 is 29.2 Å². The summed E-state index contributed by atoms with van der Waals surface area (Å²) >= 11 is 0. The molecule has 1 aromatic heterocycles. The number of primary amides is 1. The highest BCUT2D eigenvalue weighted by Crippen LogP contribution is 2.23. The molecular formula is C24H24N6O3. The first-order valence-electron chi connectivity index (χ1n) is 10.6. The van der Waals surface area contributed by atoms with Gasteiger partial charge in [0.15, 0.2) is 11.5 Å². The number of hydrogen-bond acceptors (Lipinski definition) is 6. The minimum absolute atomic E-state index is 0.00149. The van der Waals surface area contributed by atoms with Crippen LogP contribution in [0.25, 0.3) is 11.3 Å². The molecule has 1 fully saturated rings. The molecule has 0 unspecified atom stereocenters. The Morgan fingerprint density at radius 3 is 2.42 bits per heavy atom. The van der Waals surface area contributed by atoms with E-state index in [0.29, 0.717) is 48.4 Å². The Bertz CT molecular complexity index is 1190. The number of benzene rings is 2. The van der Waals surface area contributed by atoms with Crippen molar-refractivity contribution in [3.63, 3.8) is 0 Å². The molecule has 0 spiro atoms. The summed E-state index contributed by atoms with van der Waals surface area (Å²) in [6.07, 6.45) is 2.59. The van der Waals surface area contributed by atoms with E-state index < -0.39 is 5.91 Å². The lowest BCUT2D eigenvalue weighted by atomic mass is 9.95. The highest BCUT2D eigenvalue weighted by atomic mass is 16.2. The molecule has 1 aliphatic heterocycles. The van der Waals surface area contributed by atoms with Gasteiger partial charge in [0.25, 0.3) is 11.8 Å². The maximum atomic E-state index is 13.0. The fourth-order valence-electron chi connectivity index (χ4n) is 3.78. The molecule has 0 atom stereocenters. The maximum absolute atomic E-state index is 13.0. The van der Waals surface area contributed by atoms with Crippen LogP contribution in [0, 0.1) is 5.92 Å². The lowest BCUT2D eigenvalue weighted by Crippen LogP contribution is -2.41. The van der Waals surface area contributed by atoms with E-state index in [2.05, 4.69) is 15.3 Å². The Labute approximate surface area is 190 Å². The third-order valence-electron chi connectivity index (χ3n) is 5.64.